The normalized spacial score (nSPS) is 41.1. The van der Waals surface area contributed by atoms with Gasteiger partial charge in [0, 0.05) is 12.5 Å². The highest BCUT2D eigenvalue weighted by atomic mass is 16.5. The summed E-state index contributed by atoms with van der Waals surface area (Å²) in [5, 5.41) is 9.16. The SMILES string of the molecule is C/C=C1/CCC(CO)C2C=CC1O2. The highest BCUT2D eigenvalue weighted by Crippen LogP contribution is 2.32. The van der Waals surface area contributed by atoms with Crippen molar-refractivity contribution >= 4 is 0 Å². The molecule has 0 radical (unpaired) electrons. The monoisotopic (exact) mass is 180 g/mol. The molecule has 2 heterocycles. The van der Waals surface area contributed by atoms with E-state index in [0.717, 1.165) is 12.8 Å². The van der Waals surface area contributed by atoms with Crippen LogP contribution in [0.5, 0.6) is 0 Å². The first-order valence-corrected chi connectivity index (χ1v) is 4.95. The van der Waals surface area contributed by atoms with Gasteiger partial charge in [-0.1, -0.05) is 18.2 Å². The Morgan fingerprint density at radius 1 is 1.62 bits per heavy atom. The average Bonchev–Trinajstić information content (AvgIpc) is 2.51. The molecule has 72 valence electrons. The van der Waals surface area contributed by atoms with E-state index in [1.807, 2.05) is 0 Å². The van der Waals surface area contributed by atoms with E-state index in [-0.39, 0.29) is 18.8 Å². The van der Waals surface area contributed by atoms with Gasteiger partial charge in [0.1, 0.15) is 0 Å². The van der Waals surface area contributed by atoms with E-state index < -0.39 is 0 Å². The fourth-order valence-corrected chi connectivity index (χ4v) is 2.11. The lowest BCUT2D eigenvalue weighted by molar-refractivity contribution is 0.0322. The maximum absolute atomic E-state index is 9.16. The van der Waals surface area contributed by atoms with Crippen LogP contribution in [0.1, 0.15) is 19.8 Å². The number of rotatable bonds is 1. The minimum Gasteiger partial charge on any atom is -0.396 e. The van der Waals surface area contributed by atoms with Crippen LogP contribution in [0.2, 0.25) is 0 Å². The predicted molar refractivity (Wildman–Crippen MR) is 51.4 cm³/mol. The van der Waals surface area contributed by atoms with Gasteiger partial charge < -0.3 is 9.84 Å². The van der Waals surface area contributed by atoms with E-state index in [2.05, 4.69) is 25.2 Å². The van der Waals surface area contributed by atoms with Gasteiger partial charge in [0.15, 0.2) is 0 Å². The van der Waals surface area contributed by atoms with Gasteiger partial charge in [0.05, 0.1) is 12.2 Å². The van der Waals surface area contributed by atoms with Crippen molar-refractivity contribution in [3.63, 3.8) is 0 Å². The summed E-state index contributed by atoms with van der Waals surface area (Å²) in [5.74, 6) is 0.290. The number of aliphatic hydroxyl groups is 1. The standard InChI is InChI=1S/C11H16O2/c1-2-8-3-4-9(7-12)11-6-5-10(8)13-11/h2,5-6,9-12H,3-4,7H2,1H3/b8-2-. The Morgan fingerprint density at radius 3 is 3.15 bits per heavy atom. The topological polar surface area (TPSA) is 29.5 Å². The lowest BCUT2D eigenvalue weighted by Crippen LogP contribution is -2.22. The molecule has 0 aromatic heterocycles. The van der Waals surface area contributed by atoms with Crippen LogP contribution in [0.15, 0.2) is 23.8 Å². The third-order valence-electron chi connectivity index (χ3n) is 3.02. The maximum Gasteiger partial charge on any atom is 0.0975 e. The van der Waals surface area contributed by atoms with Gasteiger partial charge in [0.2, 0.25) is 0 Å². The molecule has 0 aliphatic carbocycles. The van der Waals surface area contributed by atoms with Crippen LogP contribution >= 0.6 is 0 Å². The minimum absolute atomic E-state index is 0.146. The van der Waals surface area contributed by atoms with Gasteiger partial charge in [-0.25, -0.2) is 0 Å². The Kier molecular flexibility index (Phi) is 2.51. The summed E-state index contributed by atoms with van der Waals surface area (Å²) in [6, 6.07) is 0. The molecule has 0 aromatic carbocycles. The van der Waals surface area contributed by atoms with Crippen LogP contribution < -0.4 is 0 Å². The van der Waals surface area contributed by atoms with E-state index in [4.69, 9.17) is 9.84 Å². The van der Waals surface area contributed by atoms with Crippen molar-refractivity contribution in [2.75, 3.05) is 6.61 Å². The fraction of sp³-hybridized carbons (Fsp3) is 0.636. The molecular weight excluding hydrogens is 164 g/mol. The third-order valence-corrected chi connectivity index (χ3v) is 3.02. The summed E-state index contributed by atoms with van der Waals surface area (Å²) in [5.41, 5.74) is 1.36. The highest BCUT2D eigenvalue weighted by molar-refractivity contribution is 5.22. The van der Waals surface area contributed by atoms with Crippen molar-refractivity contribution in [1.29, 1.82) is 0 Å². The first-order chi connectivity index (χ1) is 6.35. The third kappa shape index (κ3) is 1.56. The van der Waals surface area contributed by atoms with Gasteiger partial charge in [-0.05, 0) is 25.3 Å². The van der Waals surface area contributed by atoms with Crippen molar-refractivity contribution in [2.45, 2.75) is 32.0 Å². The molecule has 1 saturated heterocycles. The van der Waals surface area contributed by atoms with Crippen LogP contribution in [0.3, 0.4) is 0 Å². The van der Waals surface area contributed by atoms with Gasteiger partial charge in [-0.15, -0.1) is 0 Å². The van der Waals surface area contributed by atoms with Gasteiger partial charge in [-0.3, -0.25) is 0 Å². The Balaban J connectivity index is 2.18. The quantitative estimate of drug-likeness (QED) is 0.622. The van der Waals surface area contributed by atoms with E-state index in [0.29, 0.717) is 5.92 Å². The molecule has 2 aliphatic heterocycles. The molecule has 2 aliphatic rings. The molecule has 0 spiro atoms. The maximum atomic E-state index is 9.16. The van der Waals surface area contributed by atoms with E-state index >= 15 is 0 Å². The van der Waals surface area contributed by atoms with Crippen molar-refractivity contribution in [2.24, 2.45) is 5.92 Å². The summed E-state index contributed by atoms with van der Waals surface area (Å²) < 4.78 is 5.79. The molecule has 1 fully saturated rings. The second-order valence-corrected chi connectivity index (χ2v) is 3.75. The van der Waals surface area contributed by atoms with Gasteiger partial charge >= 0.3 is 0 Å². The predicted octanol–water partition coefficient (Wildman–Crippen LogP) is 1.66. The zero-order chi connectivity index (χ0) is 9.26. The molecule has 2 heteroatoms. The lowest BCUT2D eigenvalue weighted by atomic mass is 9.93. The van der Waals surface area contributed by atoms with Crippen LogP contribution in [-0.2, 0) is 4.74 Å². The molecule has 13 heavy (non-hydrogen) atoms. The molecular formula is C11H16O2. The minimum atomic E-state index is 0.146. The van der Waals surface area contributed by atoms with Crippen LogP contribution in [0.25, 0.3) is 0 Å². The van der Waals surface area contributed by atoms with Crippen LogP contribution in [0.4, 0.5) is 0 Å². The number of allylic oxidation sites excluding steroid dienone is 1. The Bertz CT molecular complexity index is 242. The molecule has 3 atom stereocenters. The number of hydrogen-bond donors (Lipinski definition) is 1. The van der Waals surface area contributed by atoms with E-state index in [9.17, 15) is 0 Å². The smallest absolute Gasteiger partial charge is 0.0975 e. The molecule has 1 N–H and O–H groups in total. The number of fused-ring (bicyclic) bond motifs is 2. The van der Waals surface area contributed by atoms with Crippen molar-refractivity contribution in [3.05, 3.63) is 23.8 Å². The van der Waals surface area contributed by atoms with Crippen molar-refractivity contribution in [1.82, 2.24) is 0 Å². The van der Waals surface area contributed by atoms with Gasteiger partial charge in [-0.2, -0.15) is 0 Å². The second kappa shape index (κ2) is 3.64. The number of hydrogen-bond acceptors (Lipinski definition) is 2. The molecule has 2 bridgehead atoms. The molecule has 2 rings (SSSR count). The van der Waals surface area contributed by atoms with E-state index in [1.165, 1.54) is 5.57 Å². The second-order valence-electron chi connectivity index (χ2n) is 3.75. The lowest BCUT2D eigenvalue weighted by Gasteiger charge is -2.16. The molecule has 0 amide bonds. The molecule has 0 saturated carbocycles. The summed E-state index contributed by atoms with van der Waals surface area (Å²) in [4.78, 5) is 0. The first-order valence-electron chi connectivity index (χ1n) is 4.95. The first kappa shape index (κ1) is 8.97. The zero-order valence-electron chi connectivity index (χ0n) is 7.94. The Morgan fingerprint density at radius 2 is 2.46 bits per heavy atom. The number of ether oxygens (including phenoxy) is 1. The Hall–Kier alpha value is -0.600. The largest absolute Gasteiger partial charge is 0.396 e. The molecule has 3 unspecified atom stereocenters. The summed E-state index contributed by atoms with van der Waals surface area (Å²) in [6.45, 7) is 2.29. The van der Waals surface area contributed by atoms with Crippen LogP contribution in [0, 0.1) is 5.92 Å². The highest BCUT2D eigenvalue weighted by Gasteiger charge is 2.31. The van der Waals surface area contributed by atoms with Crippen molar-refractivity contribution < 1.29 is 9.84 Å². The summed E-state index contributed by atoms with van der Waals surface area (Å²) in [6.07, 6.45) is 8.78. The average molecular weight is 180 g/mol. The number of aliphatic hydroxyl groups excluding tert-OH is 1. The van der Waals surface area contributed by atoms with Gasteiger partial charge in [0.25, 0.3) is 0 Å². The van der Waals surface area contributed by atoms with Crippen molar-refractivity contribution in [3.8, 4) is 0 Å². The fourth-order valence-electron chi connectivity index (χ4n) is 2.11. The van der Waals surface area contributed by atoms with E-state index in [1.54, 1.807) is 0 Å². The zero-order valence-corrected chi connectivity index (χ0v) is 7.94. The Labute approximate surface area is 78.9 Å². The molecule has 2 nitrogen and oxygen atoms in total. The molecule has 0 aromatic rings. The summed E-state index contributed by atoms with van der Waals surface area (Å²) >= 11 is 0. The summed E-state index contributed by atoms with van der Waals surface area (Å²) in [7, 11) is 0. The van der Waals surface area contributed by atoms with Crippen LogP contribution in [-0.4, -0.2) is 23.9 Å².